The summed E-state index contributed by atoms with van der Waals surface area (Å²) in [5.74, 6) is 0.796. The SMILES string of the molecule is CCOc1ccccc1-c1c(-c2ccccc2)ncn1C[C@H](O)c1cccnc1. The van der Waals surface area contributed by atoms with E-state index >= 15 is 0 Å². The standard InChI is InChI=1S/C24H23N3O2/c1-2-29-22-13-7-6-12-20(22)24-23(18-9-4-3-5-10-18)26-17-27(24)16-21(28)19-11-8-14-25-15-19/h3-15,17,21,28H,2,16H2,1H3/t21-/m0/s1. The van der Waals surface area contributed by atoms with Gasteiger partial charge < -0.3 is 14.4 Å². The first-order chi connectivity index (χ1) is 14.3. The lowest BCUT2D eigenvalue weighted by atomic mass is 10.0. The van der Waals surface area contributed by atoms with Crippen molar-refractivity contribution in [1.82, 2.24) is 14.5 Å². The molecule has 0 amide bonds. The Labute approximate surface area is 170 Å². The maximum atomic E-state index is 10.8. The van der Waals surface area contributed by atoms with Crippen molar-refractivity contribution in [1.29, 1.82) is 0 Å². The molecule has 0 fully saturated rings. The highest BCUT2D eigenvalue weighted by atomic mass is 16.5. The quantitative estimate of drug-likeness (QED) is 0.499. The molecule has 5 nitrogen and oxygen atoms in total. The Balaban J connectivity index is 1.82. The molecule has 0 radical (unpaired) electrons. The predicted octanol–water partition coefficient (Wildman–Crippen LogP) is 4.74. The number of benzene rings is 2. The molecule has 0 aliphatic carbocycles. The van der Waals surface area contributed by atoms with E-state index in [0.717, 1.165) is 33.8 Å². The van der Waals surface area contributed by atoms with Gasteiger partial charge in [-0.05, 0) is 25.1 Å². The van der Waals surface area contributed by atoms with E-state index in [4.69, 9.17) is 9.72 Å². The van der Waals surface area contributed by atoms with Crippen LogP contribution in [0.4, 0.5) is 0 Å². The molecule has 0 saturated heterocycles. The summed E-state index contributed by atoms with van der Waals surface area (Å²) in [5, 5.41) is 10.8. The minimum Gasteiger partial charge on any atom is -0.493 e. The van der Waals surface area contributed by atoms with Crippen LogP contribution < -0.4 is 4.74 Å². The summed E-state index contributed by atoms with van der Waals surface area (Å²) in [7, 11) is 0. The Morgan fingerprint density at radius 2 is 1.79 bits per heavy atom. The van der Waals surface area contributed by atoms with Crippen molar-refractivity contribution in [3.8, 4) is 28.3 Å². The molecule has 29 heavy (non-hydrogen) atoms. The lowest BCUT2D eigenvalue weighted by Gasteiger charge is -2.17. The Morgan fingerprint density at radius 3 is 2.55 bits per heavy atom. The summed E-state index contributed by atoms with van der Waals surface area (Å²) >= 11 is 0. The van der Waals surface area contributed by atoms with Crippen LogP contribution in [0.2, 0.25) is 0 Å². The number of para-hydroxylation sites is 1. The van der Waals surface area contributed by atoms with E-state index in [2.05, 4.69) is 4.98 Å². The molecule has 2 aromatic carbocycles. The van der Waals surface area contributed by atoms with Gasteiger partial charge in [-0.15, -0.1) is 0 Å². The number of pyridine rings is 1. The summed E-state index contributed by atoms with van der Waals surface area (Å²) in [6, 6.07) is 21.7. The van der Waals surface area contributed by atoms with Gasteiger partial charge in [0.1, 0.15) is 5.75 Å². The van der Waals surface area contributed by atoms with Gasteiger partial charge in [-0.1, -0.05) is 48.5 Å². The second-order valence-corrected chi connectivity index (χ2v) is 6.69. The molecule has 1 N–H and O–H groups in total. The van der Waals surface area contributed by atoms with E-state index in [0.29, 0.717) is 13.2 Å². The normalized spacial score (nSPS) is 11.9. The molecule has 0 bridgehead atoms. The van der Waals surface area contributed by atoms with Gasteiger partial charge in [0.2, 0.25) is 0 Å². The van der Waals surface area contributed by atoms with Crippen molar-refractivity contribution >= 4 is 0 Å². The van der Waals surface area contributed by atoms with E-state index in [1.54, 1.807) is 18.7 Å². The minimum atomic E-state index is -0.695. The fraction of sp³-hybridized carbons (Fsp3) is 0.167. The van der Waals surface area contributed by atoms with E-state index in [1.165, 1.54) is 0 Å². The van der Waals surface area contributed by atoms with Gasteiger partial charge in [0.05, 0.1) is 37.0 Å². The highest BCUT2D eigenvalue weighted by Crippen LogP contribution is 2.37. The summed E-state index contributed by atoms with van der Waals surface area (Å²) in [6.45, 7) is 2.91. The van der Waals surface area contributed by atoms with Crippen LogP contribution in [0.25, 0.3) is 22.5 Å². The zero-order valence-electron chi connectivity index (χ0n) is 16.3. The van der Waals surface area contributed by atoms with Crippen LogP contribution in [-0.2, 0) is 6.54 Å². The van der Waals surface area contributed by atoms with Gasteiger partial charge in [0, 0.05) is 29.1 Å². The van der Waals surface area contributed by atoms with Crippen LogP contribution in [0.5, 0.6) is 5.75 Å². The topological polar surface area (TPSA) is 60.2 Å². The number of nitrogens with zero attached hydrogens (tertiary/aromatic N) is 3. The number of rotatable bonds is 7. The van der Waals surface area contributed by atoms with Crippen molar-refractivity contribution in [2.75, 3.05) is 6.61 Å². The number of aliphatic hydroxyl groups is 1. The van der Waals surface area contributed by atoms with E-state index < -0.39 is 6.10 Å². The average Bonchev–Trinajstić information content (AvgIpc) is 3.19. The van der Waals surface area contributed by atoms with Crippen molar-refractivity contribution in [2.24, 2.45) is 0 Å². The van der Waals surface area contributed by atoms with Crippen LogP contribution in [0, 0.1) is 0 Å². The molecule has 0 aliphatic heterocycles. The van der Waals surface area contributed by atoms with Gasteiger partial charge in [0.25, 0.3) is 0 Å². The van der Waals surface area contributed by atoms with Gasteiger partial charge in [-0.2, -0.15) is 0 Å². The number of hydrogen-bond acceptors (Lipinski definition) is 4. The summed E-state index contributed by atoms with van der Waals surface area (Å²) in [4.78, 5) is 8.81. The second kappa shape index (κ2) is 8.71. The average molecular weight is 385 g/mol. The Bertz CT molecular complexity index is 1060. The summed E-state index contributed by atoms with van der Waals surface area (Å²) in [6.07, 6.45) is 4.47. The fourth-order valence-corrected chi connectivity index (χ4v) is 3.42. The van der Waals surface area contributed by atoms with Gasteiger partial charge in [0.15, 0.2) is 0 Å². The van der Waals surface area contributed by atoms with Crippen LogP contribution in [-0.4, -0.2) is 26.2 Å². The Kier molecular flexibility index (Phi) is 5.68. The summed E-state index contributed by atoms with van der Waals surface area (Å²) < 4.78 is 7.87. The Morgan fingerprint density at radius 1 is 1.00 bits per heavy atom. The van der Waals surface area contributed by atoms with Gasteiger partial charge in [-0.25, -0.2) is 4.98 Å². The van der Waals surface area contributed by atoms with Crippen LogP contribution in [0.15, 0.2) is 85.5 Å². The number of aromatic nitrogens is 3. The number of aliphatic hydroxyl groups excluding tert-OH is 1. The lowest BCUT2D eigenvalue weighted by Crippen LogP contribution is -2.10. The highest BCUT2D eigenvalue weighted by Gasteiger charge is 2.20. The van der Waals surface area contributed by atoms with Gasteiger partial charge in [-0.3, -0.25) is 4.98 Å². The maximum Gasteiger partial charge on any atom is 0.128 e. The molecule has 0 aliphatic rings. The molecule has 146 valence electrons. The molecule has 1 atom stereocenters. The first-order valence-corrected chi connectivity index (χ1v) is 9.68. The molecule has 4 rings (SSSR count). The Hall–Kier alpha value is -3.44. The van der Waals surface area contributed by atoms with Gasteiger partial charge >= 0.3 is 0 Å². The largest absolute Gasteiger partial charge is 0.493 e. The van der Waals surface area contributed by atoms with Crippen molar-refractivity contribution < 1.29 is 9.84 Å². The molecule has 0 spiro atoms. The second-order valence-electron chi connectivity index (χ2n) is 6.69. The first-order valence-electron chi connectivity index (χ1n) is 9.68. The van der Waals surface area contributed by atoms with Crippen molar-refractivity contribution in [3.63, 3.8) is 0 Å². The maximum absolute atomic E-state index is 10.8. The zero-order valence-corrected chi connectivity index (χ0v) is 16.3. The molecule has 2 heterocycles. The van der Waals surface area contributed by atoms with Crippen LogP contribution in [0.3, 0.4) is 0 Å². The number of hydrogen-bond donors (Lipinski definition) is 1. The lowest BCUT2D eigenvalue weighted by molar-refractivity contribution is 0.156. The monoisotopic (exact) mass is 385 g/mol. The molecule has 0 saturated carbocycles. The molecule has 2 aromatic heterocycles. The molecule has 4 aromatic rings. The number of imidazole rings is 1. The minimum absolute atomic E-state index is 0.362. The summed E-state index contributed by atoms with van der Waals surface area (Å²) in [5.41, 5.74) is 4.51. The van der Waals surface area contributed by atoms with Crippen molar-refractivity contribution in [3.05, 3.63) is 91.0 Å². The van der Waals surface area contributed by atoms with Crippen LogP contribution >= 0.6 is 0 Å². The first kappa shape index (κ1) is 18.9. The third-order valence-corrected chi connectivity index (χ3v) is 4.77. The van der Waals surface area contributed by atoms with E-state index in [1.807, 2.05) is 78.2 Å². The highest BCUT2D eigenvalue weighted by molar-refractivity contribution is 5.81. The molecule has 0 unspecified atom stereocenters. The fourth-order valence-electron chi connectivity index (χ4n) is 3.42. The zero-order chi connectivity index (χ0) is 20.1. The van der Waals surface area contributed by atoms with Crippen molar-refractivity contribution in [2.45, 2.75) is 19.6 Å². The molecular weight excluding hydrogens is 362 g/mol. The molecular formula is C24H23N3O2. The smallest absolute Gasteiger partial charge is 0.128 e. The van der Waals surface area contributed by atoms with Crippen LogP contribution in [0.1, 0.15) is 18.6 Å². The molecule has 5 heteroatoms. The predicted molar refractivity (Wildman–Crippen MR) is 113 cm³/mol. The number of ether oxygens (including phenoxy) is 1. The van der Waals surface area contributed by atoms with E-state index in [9.17, 15) is 5.11 Å². The third kappa shape index (κ3) is 4.05. The van der Waals surface area contributed by atoms with E-state index in [-0.39, 0.29) is 0 Å². The third-order valence-electron chi connectivity index (χ3n) is 4.77.